The third-order valence-electron chi connectivity index (χ3n) is 4.52. The predicted octanol–water partition coefficient (Wildman–Crippen LogP) is 4.11. The fourth-order valence-electron chi connectivity index (χ4n) is 2.99. The van der Waals surface area contributed by atoms with Gasteiger partial charge in [-0.3, -0.25) is 9.59 Å². The summed E-state index contributed by atoms with van der Waals surface area (Å²) in [5.41, 5.74) is 2.57. The van der Waals surface area contributed by atoms with Crippen molar-refractivity contribution < 1.29 is 9.53 Å². The molecule has 0 fully saturated rings. The number of amides is 1. The van der Waals surface area contributed by atoms with E-state index >= 15 is 0 Å². The second-order valence-electron chi connectivity index (χ2n) is 6.76. The van der Waals surface area contributed by atoms with Crippen molar-refractivity contribution in [1.29, 1.82) is 0 Å². The minimum absolute atomic E-state index is 0.281. The number of rotatable bonds is 6. The van der Waals surface area contributed by atoms with Gasteiger partial charge >= 0.3 is 0 Å². The lowest BCUT2D eigenvalue weighted by atomic mass is 10.1. The van der Waals surface area contributed by atoms with Crippen LogP contribution in [-0.2, 0) is 11.2 Å². The monoisotopic (exact) mass is 455 g/mol. The summed E-state index contributed by atoms with van der Waals surface area (Å²) in [6.45, 7) is 3.47. The van der Waals surface area contributed by atoms with Crippen molar-refractivity contribution in [2.75, 3.05) is 12.4 Å². The maximum Gasteiger partial charge on any atom is 0.271 e. The number of nitrogens with one attached hydrogen (secondary N) is 1. The Morgan fingerprint density at radius 2 is 1.93 bits per heavy atom. The maximum absolute atomic E-state index is 13.0. The molecule has 1 heterocycles. The van der Waals surface area contributed by atoms with Gasteiger partial charge in [0.1, 0.15) is 11.8 Å². The number of hydrogen-bond donors (Lipinski definition) is 1. The van der Waals surface area contributed by atoms with E-state index in [-0.39, 0.29) is 11.5 Å². The number of nitrogens with zero attached hydrogens (tertiary/aromatic N) is 2. The van der Waals surface area contributed by atoms with Crippen molar-refractivity contribution >= 4 is 27.5 Å². The zero-order valence-corrected chi connectivity index (χ0v) is 18.1. The van der Waals surface area contributed by atoms with Gasteiger partial charge in [0.25, 0.3) is 5.56 Å². The number of ether oxygens (including phenoxy) is 1. The third-order valence-corrected chi connectivity index (χ3v) is 5.05. The van der Waals surface area contributed by atoms with Crippen molar-refractivity contribution in [1.82, 2.24) is 9.78 Å². The molecule has 2 aromatic carbocycles. The highest BCUT2D eigenvalue weighted by Gasteiger charge is 2.20. The number of aromatic nitrogens is 2. The van der Waals surface area contributed by atoms with Gasteiger partial charge in [-0.2, -0.15) is 5.10 Å². The summed E-state index contributed by atoms with van der Waals surface area (Å²) in [7, 11) is 1.61. The topological polar surface area (TPSA) is 73.2 Å². The zero-order chi connectivity index (χ0) is 21.0. The minimum Gasteiger partial charge on any atom is -0.497 e. The summed E-state index contributed by atoms with van der Waals surface area (Å²) in [6.07, 6.45) is 0.431. The smallest absolute Gasteiger partial charge is 0.271 e. The van der Waals surface area contributed by atoms with Crippen LogP contribution in [0, 0.1) is 6.92 Å². The van der Waals surface area contributed by atoms with Gasteiger partial charge in [0.15, 0.2) is 0 Å². The van der Waals surface area contributed by atoms with Crippen molar-refractivity contribution in [3.63, 3.8) is 0 Å². The minimum atomic E-state index is -0.755. The summed E-state index contributed by atoms with van der Waals surface area (Å²) in [6, 6.07) is 15.8. The molecule has 0 aliphatic rings. The van der Waals surface area contributed by atoms with Gasteiger partial charge in [0.2, 0.25) is 5.91 Å². The summed E-state index contributed by atoms with van der Waals surface area (Å²) < 4.78 is 7.42. The molecule has 1 aromatic heterocycles. The van der Waals surface area contributed by atoms with E-state index < -0.39 is 6.04 Å². The fraction of sp³-hybridized carbons (Fsp3) is 0.227. The molecule has 0 bridgehead atoms. The molecule has 0 aliphatic heterocycles. The lowest BCUT2D eigenvalue weighted by molar-refractivity contribution is -0.119. The molecule has 1 N–H and O–H groups in total. The van der Waals surface area contributed by atoms with E-state index in [1.165, 1.54) is 4.68 Å². The Balaban J connectivity index is 1.86. The average molecular weight is 456 g/mol. The van der Waals surface area contributed by atoms with Gasteiger partial charge in [0.05, 0.1) is 12.8 Å². The largest absolute Gasteiger partial charge is 0.497 e. The van der Waals surface area contributed by atoms with Crippen LogP contribution >= 0.6 is 15.9 Å². The van der Waals surface area contributed by atoms with E-state index in [1.807, 2.05) is 43.3 Å². The second kappa shape index (κ2) is 9.05. The van der Waals surface area contributed by atoms with Crippen LogP contribution in [0.15, 0.2) is 63.9 Å². The van der Waals surface area contributed by atoms with Crippen LogP contribution in [0.5, 0.6) is 5.75 Å². The zero-order valence-electron chi connectivity index (χ0n) is 16.5. The highest BCUT2D eigenvalue weighted by Crippen LogP contribution is 2.17. The first-order chi connectivity index (χ1) is 13.9. The molecule has 3 aromatic rings. The highest BCUT2D eigenvalue weighted by molar-refractivity contribution is 9.10. The van der Waals surface area contributed by atoms with Gasteiger partial charge in [-0.1, -0.05) is 28.1 Å². The molecule has 150 valence electrons. The van der Waals surface area contributed by atoms with E-state index in [2.05, 4.69) is 26.3 Å². The van der Waals surface area contributed by atoms with Crippen LogP contribution in [0.1, 0.15) is 29.8 Å². The van der Waals surface area contributed by atoms with Crippen molar-refractivity contribution in [3.8, 4) is 5.75 Å². The van der Waals surface area contributed by atoms with Crippen LogP contribution in [0.2, 0.25) is 0 Å². The fourth-order valence-corrected chi connectivity index (χ4v) is 3.25. The molecule has 0 spiro atoms. The summed E-state index contributed by atoms with van der Waals surface area (Å²) in [5.74, 6) is 0.427. The molecule has 0 saturated heterocycles. The average Bonchev–Trinajstić information content (AvgIpc) is 2.71. The SMILES string of the molecule is COc1cccc(Cc2cc(C)nn([C@H](C)C(=O)Nc3ccc(Br)cc3)c2=O)c1. The molecule has 29 heavy (non-hydrogen) atoms. The van der Waals surface area contributed by atoms with Gasteiger partial charge in [-0.25, -0.2) is 4.68 Å². The van der Waals surface area contributed by atoms with E-state index in [0.717, 1.165) is 15.8 Å². The molecule has 0 saturated carbocycles. The normalized spacial score (nSPS) is 11.7. The van der Waals surface area contributed by atoms with Crippen LogP contribution in [0.4, 0.5) is 5.69 Å². The Bertz CT molecular complexity index is 1080. The molecule has 1 amide bonds. The van der Waals surface area contributed by atoms with E-state index in [0.29, 0.717) is 23.4 Å². The van der Waals surface area contributed by atoms with E-state index in [1.54, 1.807) is 32.2 Å². The number of carbonyl (C=O) groups excluding carboxylic acids is 1. The first kappa shape index (κ1) is 20.8. The Hall–Kier alpha value is -2.93. The lowest BCUT2D eigenvalue weighted by Gasteiger charge is -2.16. The number of benzene rings is 2. The molecule has 6 nitrogen and oxygen atoms in total. The molecule has 3 rings (SSSR count). The first-order valence-electron chi connectivity index (χ1n) is 9.16. The third kappa shape index (κ3) is 5.12. The predicted molar refractivity (Wildman–Crippen MR) is 117 cm³/mol. The van der Waals surface area contributed by atoms with E-state index in [9.17, 15) is 9.59 Å². The Morgan fingerprint density at radius 1 is 1.21 bits per heavy atom. The summed E-state index contributed by atoms with van der Waals surface area (Å²) in [5, 5.41) is 7.12. The van der Waals surface area contributed by atoms with Gasteiger partial charge in [0, 0.05) is 22.1 Å². The van der Waals surface area contributed by atoms with Gasteiger partial charge in [-0.15, -0.1) is 0 Å². The van der Waals surface area contributed by atoms with Gasteiger partial charge in [-0.05, 0) is 61.9 Å². The van der Waals surface area contributed by atoms with Crippen LogP contribution < -0.4 is 15.6 Å². The van der Waals surface area contributed by atoms with Crippen LogP contribution in [0.25, 0.3) is 0 Å². The van der Waals surface area contributed by atoms with Crippen molar-refractivity contribution in [2.45, 2.75) is 26.3 Å². The number of hydrogen-bond acceptors (Lipinski definition) is 4. The van der Waals surface area contributed by atoms with Gasteiger partial charge < -0.3 is 10.1 Å². The molecule has 1 atom stereocenters. The molecule has 0 aliphatic carbocycles. The number of carbonyl (C=O) groups is 1. The lowest BCUT2D eigenvalue weighted by Crippen LogP contribution is -2.35. The highest BCUT2D eigenvalue weighted by atomic mass is 79.9. The van der Waals surface area contributed by atoms with Crippen molar-refractivity contribution in [2.24, 2.45) is 0 Å². The maximum atomic E-state index is 13.0. The standard InChI is InChI=1S/C22H22BrN3O3/c1-14-11-17(12-16-5-4-6-20(13-16)29-3)22(28)26(25-14)15(2)21(27)24-19-9-7-18(23)8-10-19/h4-11,13,15H,12H2,1-3H3,(H,24,27)/t15-/m1/s1. The summed E-state index contributed by atoms with van der Waals surface area (Å²) >= 11 is 3.36. The van der Waals surface area contributed by atoms with Crippen molar-refractivity contribution in [3.05, 3.63) is 86.2 Å². The molecule has 0 unspecified atom stereocenters. The Kier molecular flexibility index (Phi) is 6.49. The Labute approximate surface area is 177 Å². The molecule has 7 heteroatoms. The number of methoxy groups -OCH3 is 1. The number of halogens is 1. The van der Waals surface area contributed by atoms with Crippen LogP contribution in [-0.4, -0.2) is 22.8 Å². The number of anilines is 1. The Morgan fingerprint density at radius 3 is 2.62 bits per heavy atom. The second-order valence-corrected chi connectivity index (χ2v) is 7.68. The summed E-state index contributed by atoms with van der Waals surface area (Å²) in [4.78, 5) is 25.7. The molecule has 0 radical (unpaired) electrons. The quantitative estimate of drug-likeness (QED) is 0.606. The number of aryl methyl sites for hydroxylation is 1. The first-order valence-corrected chi connectivity index (χ1v) is 9.95. The molecular weight excluding hydrogens is 434 g/mol. The van der Waals surface area contributed by atoms with E-state index in [4.69, 9.17) is 4.74 Å². The van der Waals surface area contributed by atoms with Crippen LogP contribution in [0.3, 0.4) is 0 Å². The molecular formula is C22H22BrN3O3.